The minimum absolute atomic E-state index is 0.0544. The highest BCUT2D eigenvalue weighted by molar-refractivity contribution is 7.47. The van der Waals surface area contributed by atoms with Crippen molar-refractivity contribution < 1.29 is 32.9 Å². The van der Waals surface area contributed by atoms with Crippen molar-refractivity contribution >= 4 is 13.7 Å². The van der Waals surface area contributed by atoms with Gasteiger partial charge < -0.3 is 19.8 Å². The van der Waals surface area contributed by atoms with E-state index >= 15 is 0 Å². The molecule has 3 atom stereocenters. The van der Waals surface area contributed by atoms with E-state index in [1.807, 2.05) is 27.2 Å². The Morgan fingerprint density at radius 3 is 1.04 bits per heavy atom. The number of phosphoric ester groups is 1. The van der Waals surface area contributed by atoms with Crippen molar-refractivity contribution in [2.75, 3.05) is 40.9 Å². The van der Waals surface area contributed by atoms with Crippen molar-refractivity contribution in [1.82, 2.24) is 5.32 Å². The highest BCUT2D eigenvalue weighted by Crippen LogP contribution is 2.43. The van der Waals surface area contributed by atoms with E-state index in [9.17, 15) is 19.4 Å². The van der Waals surface area contributed by atoms with Gasteiger partial charge in [-0.3, -0.25) is 13.8 Å². The number of carbonyl (C=O) groups excluding carboxylic acids is 1. The zero-order valence-electron chi connectivity index (χ0n) is 52.0. The van der Waals surface area contributed by atoms with Gasteiger partial charge in [0.1, 0.15) is 13.2 Å². The molecule has 77 heavy (non-hydrogen) atoms. The third-order valence-electron chi connectivity index (χ3n) is 15.2. The molecule has 0 bridgehead atoms. The molecule has 0 radical (unpaired) electrons. The van der Waals surface area contributed by atoms with Crippen LogP contribution in [0.15, 0.2) is 48.6 Å². The number of carbonyl (C=O) groups is 1. The van der Waals surface area contributed by atoms with Crippen LogP contribution in [0.2, 0.25) is 0 Å². The van der Waals surface area contributed by atoms with E-state index < -0.39 is 20.0 Å². The van der Waals surface area contributed by atoms with Crippen molar-refractivity contribution in [3.63, 3.8) is 0 Å². The van der Waals surface area contributed by atoms with Gasteiger partial charge in [-0.15, -0.1) is 0 Å². The Morgan fingerprint density at radius 2 is 0.714 bits per heavy atom. The lowest BCUT2D eigenvalue weighted by atomic mass is 10.0. The minimum atomic E-state index is -4.36. The third-order valence-corrected chi connectivity index (χ3v) is 16.2. The quantitative estimate of drug-likeness (QED) is 0.0243. The molecule has 0 spiro atoms. The monoisotopic (exact) mass is 1100 g/mol. The Kier molecular flexibility index (Phi) is 57.9. The fourth-order valence-corrected chi connectivity index (χ4v) is 10.7. The summed E-state index contributed by atoms with van der Waals surface area (Å²) >= 11 is 0. The van der Waals surface area contributed by atoms with Crippen LogP contribution < -0.4 is 5.32 Å². The molecule has 3 unspecified atom stereocenters. The zero-order valence-corrected chi connectivity index (χ0v) is 52.9. The van der Waals surface area contributed by atoms with Gasteiger partial charge in [-0.25, -0.2) is 4.57 Å². The molecule has 0 aliphatic heterocycles. The molecule has 8 nitrogen and oxygen atoms in total. The molecule has 9 heteroatoms. The lowest BCUT2D eigenvalue weighted by Gasteiger charge is -2.25. The molecule has 0 aliphatic rings. The standard InChI is InChI=1S/C68H131N2O6P/c1-6-8-10-12-14-16-18-20-22-24-26-28-30-31-32-33-34-35-36-37-38-39-40-42-44-46-48-50-52-54-56-58-60-62-68(72)69-66(65-76-77(73,74)75-64-63-70(3,4)5)67(71)61-59-57-55-53-51-49-47-45-43-41-29-27-25-23-21-19-17-15-13-11-9-7-2/h24,26,43,45,51,53,59,61,66-67,71H,6-23,25,27-42,44,46-50,52,54-58,60,62-65H2,1-5H3,(H-,69,72,73,74)/p+1/b26-24-,45-43+,53-51+,61-59+. The first-order valence-corrected chi connectivity index (χ1v) is 35.0. The summed E-state index contributed by atoms with van der Waals surface area (Å²) in [7, 11) is 1.56. The van der Waals surface area contributed by atoms with Gasteiger partial charge in [0, 0.05) is 6.42 Å². The maximum atomic E-state index is 13.0. The largest absolute Gasteiger partial charge is 0.472 e. The van der Waals surface area contributed by atoms with E-state index in [0.29, 0.717) is 17.4 Å². The van der Waals surface area contributed by atoms with Crippen LogP contribution in [0.5, 0.6) is 0 Å². The predicted octanol–water partition coefficient (Wildman–Crippen LogP) is 21.1. The number of unbranched alkanes of at least 4 members (excludes halogenated alkanes) is 43. The van der Waals surface area contributed by atoms with Crippen LogP contribution in [0, 0.1) is 0 Å². The Hall–Kier alpha value is -1.54. The smallest absolute Gasteiger partial charge is 0.387 e. The molecule has 0 rings (SSSR count). The Labute approximate surface area is 479 Å². The number of hydrogen-bond donors (Lipinski definition) is 3. The van der Waals surface area contributed by atoms with Crippen molar-refractivity contribution in [2.45, 2.75) is 341 Å². The summed E-state index contributed by atoms with van der Waals surface area (Å²) in [4.78, 5) is 23.4. The van der Waals surface area contributed by atoms with Crippen LogP contribution in [0.4, 0.5) is 0 Å². The molecule has 0 aliphatic carbocycles. The fraction of sp³-hybridized carbons (Fsp3) is 0.868. The van der Waals surface area contributed by atoms with Crippen molar-refractivity contribution in [3.05, 3.63) is 48.6 Å². The average Bonchev–Trinajstić information content (AvgIpc) is 3.39. The first-order valence-electron chi connectivity index (χ1n) is 33.5. The van der Waals surface area contributed by atoms with Gasteiger partial charge in [0.15, 0.2) is 0 Å². The average molecular weight is 1100 g/mol. The lowest BCUT2D eigenvalue weighted by molar-refractivity contribution is -0.870. The van der Waals surface area contributed by atoms with Crippen LogP contribution in [0.25, 0.3) is 0 Å². The number of aliphatic hydroxyl groups is 1. The second kappa shape index (κ2) is 59.1. The maximum Gasteiger partial charge on any atom is 0.472 e. The molecule has 0 heterocycles. The second-order valence-electron chi connectivity index (χ2n) is 24.2. The highest BCUT2D eigenvalue weighted by atomic mass is 31.2. The normalized spacial score (nSPS) is 14.0. The number of allylic oxidation sites excluding steroid dienone is 7. The molecule has 1 amide bonds. The van der Waals surface area contributed by atoms with E-state index in [2.05, 4.69) is 55.6 Å². The number of nitrogens with one attached hydrogen (secondary N) is 1. The van der Waals surface area contributed by atoms with Gasteiger partial charge in [-0.2, -0.15) is 0 Å². The number of rotatable bonds is 62. The second-order valence-corrected chi connectivity index (χ2v) is 25.6. The van der Waals surface area contributed by atoms with Crippen LogP contribution in [0.1, 0.15) is 328 Å². The van der Waals surface area contributed by atoms with Gasteiger partial charge in [0.05, 0.1) is 39.9 Å². The number of aliphatic hydroxyl groups excluding tert-OH is 1. The van der Waals surface area contributed by atoms with Gasteiger partial charge in [-0.05, 0) is 70.6 Å². The summed E-state index contributed by atoms with van der Waals surface area (Å²) in [5, 5.41) is 14.0. The lowest BCUT2D eigenvalue weighted by Crippen LogP contribution is -2.45. The number of likely N-dealkylation sites (N-methyl/N-ethyl adjacent to an activating group) is 1. The number of hydrogen-bond acceptors (Lipinski definition) is 5. The van der Waals surface area contributed by atoms with Gasteiger partial charge >= 0.3 is 7.82 Å². The van der Waals surface area contributed by atoms with Crippen LogP contribution in [0.3, 0.4) is 0 Å². The van der Waals surface area contributed by atoms with Gasteiger partial charge in [0.2, 0.25) is 5.91 Å². The predicted molar refractivity (Wildman–Crippen MR) is 337 cm³/mol. The van der Waals surface area contributed by atoms with Gasteiger partial charge in [-0.1, -0.05) is 300 Å². The Bertz CT molecular complexity index is 1390. The van der Waals surface area contributed by atoms with E-state index in [0.717, 1.165) is 44.9 Å². The SMILES string of the molecule is CCCCCCCCCC/C=C\CCCCCCCCCCCCCCCCCCCCCCCC(=O)NC(COP(=O)(O)OCC[N+](C)(C)C)C(O)/C=C/CC/C=C/CC/C=C/CCCCCCCCCCCCCC. The summed E-state index contributed by atoms with van der Waals surface area (Å²) in [6.45, 7) is 4.83. The molecule has 0 aromatic rings. The molecule has 3 N–H and O–H groups in total. The Morgan fingerprint density at radius 1 is 0.429 bits per heavy atom. The summed E-state index contributed by atoms with van der Waals surface area (Å²) in [6, 6.07) is -0.870. The summed E-state index contributed by atoms with van der Waals surface area (Å²) in [6.07, 6.45) is 79.7. The summed E-state index contributed by atoms with van der Waals surface area (Å²) < 4.78 is 23.8. The van der Waals surface area contributed by atoms with Crippen LogP contribution in [-0.4, -0.2) is 73.4 Å². The number of quaternary nitrogens is 1. The van der Waals surface area contributed by atoms with E-state index in [1.54, 1.807) is 6.08 Å². The van der Waals surface area contributed by atoms with Crippen molar-refractivity contribution in [2.24, 2.45) is 0 Å². The van der Waals surface area contributed by atoms with Gasteiger partial charge in [0.25, 0.3) is 0 Å². The molecule has 0 aromatic heterocycles. The summed E-state index contributed by atoms with van der Waals surface area (Å²) in [5.41, 5.74) is 0. The molecule has 0 saturated carbocycles. The highest BCUT2D eigenvalue weighted by Gasteiger charge is 2.28. The van der Waals surface area contributed by atoms with E-state index in [-0.39, 0.29) is 19.1 Å². The molecular formula is C68H132N2O6P+. The third kappa shape index (κ3) is 61.9. The van der Waals surface area contributed by atoms with Crippen LogP contribution in [-0.2, 0) is 18.4 Å². The molecule has 454 valence electrons. The number of phosphoric acid groups is 1. The maximum absolute atomic E-state index is 13.0. The first kappa shape index (κ1) is 75.5. The fourth-order valence-electron chi connectivity index (χ4n) is 10.0. The number of nitrogens with zero attached hydrogens (tertiary/aromatic N) is 1. The molecular weight excluding hydrogens is 972 g/mol. The molecule has 0 fully saturated rings. The number of amides is 1. The van der Waals surface area contributed by atoms with Crippen LogP contribution >= 0.6 is 7.82 Å². The molecule has 0 aromatic carbocycles. The topological polar surface area (TPSA) is 105 Å². The first-order chi connectivity index (χ1) is 37.5. The minimum Gasteiger partial charge on any atom is -0.387 e. The zero-order chi connectivity index (χ0) is 56.3. The van der Waals surface area contributed by atoms with Crippen molar-refractivity contribution in [1.29, 1.82) is 0 Å². The summed E-state index contributed by atoms with van der Waals surface area (Å²) in [5.74, 6) is -0.185. The molecule has 0 saturated heterocycles. The van der Waals surface area contributed by atoms with Crippen molar-refractivity contribution in [3.8, 4) is 0 Å². The Balaban J connectivity index is 4.08. The van der Waals surface area contributed by atoms with E-state index in [1.165, 1.54) is 263 Å². The van der Waals surface area contributed by atoms with E-state index in [4.69, 9.17) is 9.05 Å².